The van der Waals surface area contributed by atoms with Crippen molar-refractivity contribution in [2.45, 2.75) is 63.8 Å². The van der Waals surface area contributed by atoms with Crippen molar-refractivity contribution < 1.29 is 36.2 Å². The monoisotopic (exact) mass is 434 g/mol. The molecular weight excluding hydrogens is 410 g/mol. The number of rotatable bonds is 5. The molecule has 0 saturated carbocycles. The fraction of sp³-hybridized carbons (Fsp3) is 0.455. The Morgan fingerprint density at radius 3 is 1.87 bits per heavy atom. The topological polar surface area (TPSA) is 29.5 Å². The van der Waals surface area contributed by atoms with Gasteiger partial charge < -0.3 is 9.84 Å². The molecule has 0 aliphatic rings. The van der Waals surface area contributed by atoms with Crippen LogP contribution in [0.5, 0.6) is 0 Å². The summed E-state index contributed by atoms with van der Waals surface area (Å²) in [5.74, 6) is 0. The molecule has 0 bridgehead atoms. The summed E-state index contributed by atoms with van der Waals surface area (Å²) in [5.41, 5.74) is -8.02. The quantitative estimate of drug-likeness (QED) is 0.527. The molecule has 8 heteroatoms. The van der Waals surface area contributed by atoms with Crippen molar-refractivity contribution in [2.75, 3.05) is 0 Å². The number of benzene rings is 2. The molecule has 0 aliphatic heterocycles. The van der Waals surface area contributed by atoms with Crippen LogP contribution < -0.4 is 0 Å². The minimum atomic E-state index is -6.00. The van der Waals surface area contributed by atoms with E-state index in [1.54, 1.807) is 31.2 Å². The van der Waals surface area contributed by atoms with Crippen molar-refractivity contribution in [1.82, 2.24) is 0 Å². The van der Waals surface area contributed by atoms with Gasteiger partial charge >= 0.3 is 12.4 Å². The lowest BCUT2D eigenvalue weighted by molar-refractivity contribution is -0.420. The van der Waals surface area contributed by atoms with Crippen LogP contribution in [0.4, 0.5) is 26.3 Å². The van der Waals surface area contributed by atoms with Crippen LogP contribution in [-0.4, -0.2) is 28.7 Å². The molecule has 1 N–H and O–H groups in total. The summed E-state index contributed by atoms with van der Waals surface area (Å²) < 4.78 is 85.7. The van der Waals surface area contributed by atoms with Crippen LogP contribution in [0.3, 0.4) is 0 Å². The molecule has 0 saturated heterocycles. The molecule has 0 heterocycles. The lowest BCUT2D eigenvalue weighted by Gasteiger charge is -2.47. The maximum Gasteiger partial charge on any atom is 0.429 e. The predicted molar refractivity (Wildman–Crippen MR) is 104 cm³/mol. The van der Waals surface area contributed by atoms with E-state index < -0.39 is 29.2 Å². The normalized spacial score (nSPS) is 14.3. The Bertz CT molecular complexity index is 940. The standard InChI is InChI=1S/C22H24F6O2/c1-13(2)17-12-15(11-14-9-7-8-10-16(14)17)18(3,4)30-19(5,6)20(29,21(23,24)25)22(26,27)28/h7-12,29H,1H2,2-6H3. The highest BCUT2D eigenvalue weighted by Gasteiger charge is 2.78. The molecule has 2 rings (SSSR count). The van der Waals surface area contributed by atoms with Crippen LogP contribution in [0.15, 0.2) is 43.0 Å². The first kappa shape index (κ1) is 24.2. The molecule has 0 spiro atoms. The third-order valence-electron chi connectivity index (χ3n) is 5.22. The average Bonchev–Trinajstić information content (AvgIpc) is 2.56. The van der Waals surface area contributed by atoms with E-state index in [-0.39, 0.29) is 0 Å². The molecular formula is C22H24F6O2. The first-order valence-electron chi connectivity index (χ1n) is 9.10. The number of hydrogen-bond donors (Lipinski definition) is 1. The van der Waals surface area contributed by atoms with Crippen molar-refractivity contribution >= 4 is 16.3 Å². The van der Waals surface area contributed by atoms with Crippen LogP contribution >= 0.6 is 0 Å². The van der Waals surface area contributed by atoms with E-state index >= 15 is 0 Å². The summed E-state index contributed by atoms with van der Waals surface area (Å²) in [7, 11) is 0. The van der Waals surface area contributed by atoms with E-state index in [1.807, 2.05) is 12.1 Å². The Hall–Kier alpha value is -2.06. The lowest BCUT2D eigenvalue weighted by Crippen LogP contribution is -2.70. The first-order valence-corrected chi connectivity index (χ1v) is 9.10. The third-order valence-corrected chi connectivity index (χ3v) is 5.22. The molecule has 0 aromatic heterocycles. The summed E-state index contributed by atoms with van der Waals surface area (Å²) in [6.45, 7) is 9.51. The fourth-order valence-corrected chi connectivity index (χ4v) is 3.63. The fourth-order valence-electron chi connectivity index (χ4n) is 3.63. The molecule has 0 atom stereocenters. The van der Waals surface area contributed by atoms with E-state index in [4.69, 9.17) is 4.74 Å². The number of halogens is 6. The smallest absolute Gasteiger partial charge is 0.371 e. The second-order valence-electron chi connectivity index (χ2n) is 8.35. The van der Waals surface area contributed by atoms with Gasteiger partial charge in [-0.05, 0) is 68.7 Å². The van der Waals surface area contributed by atoms with Gasteiger partial charge in [0, 0.05) is 0 Å². The molecule has 166 valence electrons. The van der Waals surface area contributed by atoms with Crippen molar-refractivity contribution in [3.05, 3.63) is 54.1 Å². The molecule has 2 aromatic rings. The number of allylic oxidation sites excluding steroid dienone is 1. The number of ether oxygens (including phenoxy) is 1. The average molecular weight is 434 g/mol. The predicted octanol–water partition coefficient (Wildman–Crippen LogP) is 6.76. The van der Waals surface area contributed by atoms with Crippen molar-refractivity contribution in [2.24, 2.45) is 0 Å². The van der Waals surface area contributed by atoms with E-state index in [9.17, 15) is 31.4 Å². The van der Waals surface area contributed by atoms with Gasteiger partial charge in [0.15, 0.2) is 0 Å². The lowest BCUT2D eigenvalue weighted by atomic mass is 9.82. The van der Waals surface area contributed by atoms with Gasteiger partial charge in [-0.2, -0.15) is 26.3 Å². The highest BCUT2D eigenvalue weighted by atomic mass is 19.4. The van der Waals surface area contributed by atoms with Gasteiger partial charge in [0.2, 0.25) is 0 Å². The van der Waals surface area contributed by atoms with E-state index in [0.717, 1.165) is 10.8 Å². The minimum Gasteiger partial charge on any atom is -0.371 e. The molecule has 0 unspecified atom stereocenters. The maximum atomic E-state index is 13.4. The number of alkyl halides is 6. The summed E-state index contributed by atoms with van der Waals surface area (Å²) in [6, 6.07) is 10.4. The summed E-state index contributed by atoms with van der Waals surface area (Å²) in [6.07, 6.45) is -12.0. The largest absolute Gasteiger partial charge is 0.429 e. The van der Waals surface area contributed by atoms with E-state index in [0.29, 0.717) is 30.5 Å². The Kier molecular flexibility index (Phi) is 5.87. The van der Waals surface area contributed by atoms with Gasteiger partial charge in [-0.1, -0.05) is 36.4 Å². The van der Waals surface area contributed by atoms with Crippen LogP contribution in [0.2, 0.25) is 0 Å². The summed E-state index contributed by atoms with van der Waals surface area (Å²) in [5, 5.41) is 11.4. The molecule has 2 aromatic carbocycles. The molecule has 0 radical (unpaired) electrons. The SMILES string of the molecule is C=C(C)c1cc(C(C)(C)OC(C)(C)C(O)(C(F)(F)F)C(F)(F)F)cc2ccccc12. The van der Waals surface area contributed by atoms with Crippen molar-refractivity contribution in [3.63, 3.8) is 0 Å². The zero-order chi connectivity index (χ0) is 23.3. The number of aliphatic hydroxyl groups is 1. The van der Waals surface area contributed by atoms with E-state index in [1.165, 1.54) is 13.8 Å². The number of fused-ring (bicyclic) bond motifs is 1. The van der Waals surface area contributed by atoms with Crippen LogP contribution in [0.25, 0.3) is 16.3 Å². The third kappa shape index (κ3) is 3.95. The van der Waals surface area contributed by atoms with Gasteiger partial charge in [-0.15, -0.1) is 0 Å². The van der Waals surface area contributed by atoms with Crippen molar-refractivity contribution in [3.8, 4) is 0 Å². The minimum absolute atomic E-state index is 0.346. The first-order chi connectivity index (χ1) is 13.3. The highest BCUT2D eigenvalue weighted by molar-refractivity contribution is 5.93. The van der Waals surface area contributed by atoms with Gasteiger partial charge in [0.1, 0.15) is 5.60 Å². The van der Waals surface area contributed by atoms with Crippen molar-refractivity contribution in [1.29, 1.82) is 0 Å². The summed E-state index contributed by atoms with van der Waals surface area (Å²) >= 11 is 0. The van der Waals surface area contributed by atoms with Crippen LogP contribution in [0, 0.1) is 0 Å². The Balaban J connectivity index is 2.63. The van der Waals surface area contributed by atoms with Gasteiger partial charge in [0.05, 0.1) is 5.60 Å². The molecule has 0 aliphatic carbocycles. The van der Waals surface area contributed by atoms with E-state index in [2.05, 4.69) is 6.58 Å². The molecule has 2 nitrogen and oxygen atoms in total. The van der Waals surface area contributed by atoms with Gasteiger partial charge in [0.25, 0.3) is 5.60 Å². The van der Waals surface area contributed by atoms with Gasteiger partial charge in [-0.25, -0.2) is 0 Å². The Labute approximate surface area is 171 Å². The zero-order valence-electron chi connectivity index (χ0n) is 17.3. The van der Waals surface area contributed by atoms with Crippen LogP contribution in [0.1, 0.15) is 45.7 Å². The Morgan fingerprint density at radius 2 is 1.40 bits per heavy atom. The molecule has 0 fully saturated rings. The van der Waals surface area contributed by atoms with Gasteiger partial charge in [-0.3, -0.25) is 0 Å². The Morgan fingerprint density at radius 1 is 0.900 bits per heavy atom. The van der Waals surface area contributed by atoms with Crippen LogP contribution in [-0.2, 0) is 10.3 Å². The maximum absolute atomic E-state index is 13.4. The second-order valence-corrected chi connectivity index (χ2v) is 8.35. The second kappa shape index (κ2) is 7.27. The molecule has 30 heavy (non-hydrogen) atoms. The molecule has 0 amide bonds. The zero-order valence-corrected chi connectivity index (χ0v) is 17.3. The summed E-state index contributed by atoms with van der Waals surface area (Å²) in [4.78, 5) is 0. The highest BCUT2D eigenvalue weighted by Crippen LogP contribution is 2.52. The number of hydrogen-bond acceptors (Lipinski definition) is 2.